The van der Waals surface area contributed by atoms with Crippen molar-refractivity contribution in [1.82, 2.24) is 0 Å². The topological polar surface area (TPSA) is 50.8 Å². The van der Waals surface area contributed by atoms with Crippen molar-refractivity contribution in [3.8, 4) is 11.5 Å². The highest BCUT2D eigenvalue weighted by Gasteiger charge is 2.53. The Kier molecular flexibility index (Phi) is 8.86. The van der Waals surface area contributed by atoms with Crippen LogP contribution in [0.15, 0.2) is 78.9 Å². The Hall–Kier alpha value is -3.96. The van der Waals surface area contributed by atoms with E-state index in [0.29, 0.717) is 16.3 Å². The largest absolute Gasteiger partial charge is 0.456 e. The molecule has 44 heavy (non-hydrogen) atoms. The van der Waals surface area contributed by atoms with Gasteiger partial charge in [-0.2, -0.15) is 0 Å². The zero-order chi connectivity index (χ0) is 30.7. The van der Waals surface area contributed by atoms with Gasteiger partial charge < -0.3 is 19.7 Å². The number of nitrogens with one attached hydrogen (secondary N) is 1. The number of carbonyl (C=O) groups is 1. The summed E-state index contributed by atoms with van der Waals surface area (Å²) < 4.78 is 13.1. The number of nitrogens with zero attached hydrogens (tertiary/aromatic N) is 1. The predicted octanol–water partition coefficient (Wildman–Crippen LogP) is 10.5. The molecule has 5 nitrogen and oxygen atoms in total. The average Bonchev–Trinajstić information content (AvgIpc) is 3.32. The molecule has 1 spiro atoms. The van der Waals surface area contributed by atoms with Gasteiger partial charge in [-0.1, -0.05) is 75.8 Å². The van der Waals surface area contributed by atoms with Crippen molar-refractivity contribution in [1.29, 1.82) is 0 Å². The molecule has 0 saturated carbocycles. The maximum Gasteiger partial charge on any atom is 0.340 e. The van der Waals surface area contributed by atoms with Gasteiger partial charge >= 0.3 is 5.97 Å². The highest BCUT2D eigenvalue weighted by molar-refractivity contribution is 6.30. The number of carbonyl (C=O) groups excluding carboxylic acids is 1. The van der Waals surface area contributed by atoms with Crippen LogP contribution in [0.1, 0.15) is 91.4 Å². The van der Waals surface area contributed by atoms with E-state index in [1.54, 1.807) is 0 Å². The number of hydrogen-bond donors (Lipinski definition) is 1. The van der Waals surface area contributed by atoms with Crippen LogP contribution in [0.25, 0.3) is 0 Å². The van der Waals surface area contributed by atoms with Crippen molar-refractivity contribution in [2.45, 2.75) is 71.3 Å². The highest BCUT2D eigenvalue weighted by Crippen LogP contribution is 2.57. The number of fused-ring (bicyclic) bond motifs is 6. The number of esters is 1. The Balaban J connectivity index is 1.40. The van der Waals surface area contributed by atoms with Gasteiger partial charge in [-0.15, -0.1) is 0 Å². The van der Waals surface area contributed by atoms with Crippen molar-refractivity contribution in [3.05, 3.63) is 112 Å². The van der Waals surface area contributed by atoms with Gasteiger partial charge in [0.2, 0.25) is 0 Å². The molecule has 1 unspecified atom stereocenters. The van der Waals surface area contributed by atoms with Crippen LogP contribution < -0.4 is 15.0 Å². The summed E-state index contributed by atoms with van der Waals surface area (Å²) in [5.41, 5.74) is 5.91. The quantitative estimate of drug-likeness (QED) is 0.128. The second-order valence-corrected chi connectivity index (χ2v) is 12.4. The lowest BCUT2D eigenvalue weighted by molar-refractivity contribution is 0.0224. The number of aryl methyl sites for hydroxylation is 1. The molecule has 6 rings (SSSR count). The Morgan fingerprint density at radius 2 is 1.52 bits per heavy atom. The summed E-state index contributed by atoms with van der Waals surface area (Å²) in [6.45, 7) is 8.52. The van der Waals surface area contributed by atoms with Crippen LogP contribution in [0, 0.1) is 6.92 Å². The highest BCUT2D eigenvalue weighted by atomic mass is 35.5. The summed E-state index contributed by atoms with van der Waals surface area (Å²) in [5.74, 6) is 1.09. The summed E-state index contributed by atoms with van der Waals surface area (Å²) in [5, 5.41) is 4.21. The van der Waals surface area contributed by atoms with E-state index in [1.807, 2.05) is 54.6 Å². The maximum atomic E-state index is 13.4. The van der Waals surface area contributed by atoms with Gasteiger partial charge in [0, 0.05) is 57.9 Å². The van der Waals surface area contributed by atoms with Gasteiger partial charge in [-0.05, 0) is 79.9 Å². The number of anilines is 3. The summed E-state index contributed by atoms with van der Waals surface area (Å²) in [4.78, 5) is 15.9. The van der Waals surface area contributed by atoms with E-state index < -0.39 is 5.60 Å². The minimum Gasteiger partial charge on any atom is -0.456 e. The fraction of sp³-hybridized carbons (Fsp3) is 0.342. The molecule has 2 heterocycles. The number of hydrogen-bond acceptors (Lipinski definition) is 5. The summed E-state index contributed by atoms with van der Waals surface area (Å²) in [6, 6.07) is 25.8. The third kappa shape index (κ3) is 5.66. The number of halogens is 1. The van der Waals surface area contributed by atoms with Crippen molar-refractivity contribution in [3.63, 3.8) is 0 Å². The van der Waals surface area contributed by atoms with E-state index in [1.165, 1.54) is 38.5 Å². The average molecular weight is 609 g/mol. The summed E-state index contributed by atoms with van der Waals surface area (Å²) in [7, 11) is 0. The molecule has 0 aliphatic carbocycles. The SMILES string of the molecule is CCCCCCCCN(CCC)c1ccc2c(c1)Oc1cc(C)c(Nc3ccc(Cl)cc3)cc1C21OC(=O)c2ccccc21. The smallest absolute Gasteiger partial charge is 0.340 e. The van der Waals surface area contributed by atoms with Crippen molar-refractivity contribution >= 4 is 34.6 Å². The normalized spacial score (nSPS) is 16.1. The van der Waals surface area contributed by atoms with Gasteiger partial charge in [-0.25, -0.2) is 4.79 Å². The van der Waals surface area contributed by atoms with Crippen LogP contribution >= 0.6 is 11.6 Å². The molecule has 2 aliphatic rings. The zero-order valence-electron chi connectivity index (χ0n) is 25.9. The van der Waals surface area contributed by atoms with E-state index in [2.05, 4.69) is 55.3 Å². The van der Waals surface area contributed by atoms with E-state index in [4.69, 9.17) is 21.1 Å². The lowest BCUT2D eigenvalue weighted by Crippen LogP contribution is -2.33. The predicted molar refractivity (Wildman–Crippen MR) is 180 cm³/mol. The zero-order valence-corrected chi connectivity index (χ0v) is 26.7. The first-order chi connectivity index (χ1) is 21.4. The molecule has 0 bridgehead atoms. The first-order valence-electron chi connectivity index (χ1n) is 16.0. The van der Waals surface area contributed by atoms with Crippen molar-refractivity contribution in [2.75, 3.05) is 23.3 Å². The summed E-state index contributed by atoms with van der Waals surface area (Å²) >= 11 is 6.13. The van der Waals surface area contributed by atoms with Crippen LogP contribution in [-0.4, -0.2) is 19.1 Å². The van der Waals surface area contributed by atoms with E-state index >= 15 is 0 Å². The molecule has 2 aliphatic heterocycles. The van der Waals surface area contributed by atoms with Crippen molar-refractivity contribution in [2.24, 2.45) is 0 Å². The molecule has 0 amide bonds. The fourth-order valence-electron chi connectivity index (χ4n) is 6.55. The molecule has 0 radical (unpaired) electrons. The van der Waals surface area contributed by atoms with Crippen LogP contribution in [-0.2, 0) is 10.3 Å². The van der Waals surface area contributed by atoms with Gasteiger partial charge in [0.05, 0.1) is 5.56 Å². The number of ether oxygens (including phenoxy) is 2. The molecule has 4 aromatic carbocycles. The number of rotatable bonds is 12. The third-order valence-corrected chi connectivity index (χ3v) is 9.06. The number of unbranched alkanes of at least 4 members (excludes halogenated alkanes) is 5. The van der Waals surface area contributed by atoms with Crippen LogP contribution in [0.5, 0.6) is 11.5 Å². The fourth-order valence-corrected chi connectivity index (χ4v) is 6.68. The van der Waals surface area contributed by atoms with Crippen LogP contribution in [0.2, 0.25) is 5.02 Å². The molecule has 0 aromatic heterocycles. The molecular weight excluding hydrogens is 568 g/mol. The Labute approximate surface area is 266 Å². The molecule has 228 valence electrons. The minimum atomic E-state index is -1.12. The first kappa shape index (κ1) is 30.1. The monoisotopic (exact) mass is 608 g/mol. The molecule has 0 saturated heterocycles. The lowest BCUT2D eigenvalue weighted by atomic mass is 9.77. The van der Waals surface area contributed by atoms with E-state index in [0.717, 1.165) is 64.6 Å². The Morgan fingerprint density at radius 1 is 0.773 bits per heavy atom. The van der Waals surface area contributed by atoms with E-state index in [9.17, 15) is 4.79 Å². The molecule has 6 heteroatoms. The Morgan fingerprint density at radius 3 is 2.32 bits per heavy atom. The van der Waals surface area contributed by atoms with Gasteiger partial charge in [0.1, 0.15) is 11.5 Å². The third-order valence-electron chi connectivity index (χ3n) is 8.81. The molecule has 4 aromatic rings. The van der Waals surface area contributed by atoms with Gasteiger partial charge in [0.25, 0.3) is 0 Å². The molecule has 1 atom stereocenters. The maximum absolute atomic E-state index is 13.4. The lowest BCUT2D eigenvalue weighted by Gasteiger charge is -2.38. The number of benzene rings is 4. The second kappa shape index (κ2) is 13.0. The van der Waals surface area contributed by atoms with Crippen molar-refractivity contribution < 1.29 is 14.3 Å². The second-order valence-electron chi connectivity index (χ2n) is 11.9. The van der Waals surface area contributed by atoms with Gasteiger partial charge in [0.15, 0.2) is 5.60 Å². The summed E-state index contributed by atoms with van der Waals surface area (Å²) in [6.07, 6.45) is 8.66. The minimum absolute atomic E-state index is 0.327. The molecule has 1 N–H and O–H groups in total. The van der Waals surface area contributed by atoms with Crippen LogP contribution in [0.3, 0.4) is 0 Å². The van der Waals surface area contributed by atoms with E-state index in [-0.39, 0.29) is 5.97 Å². The molecular formula is C38H41ClN2O3. The van der Waals surface area contributed by atoms with Crippen LogP contribution in [0.4, 0.5) is 17.1 Å². The standard InChI is InChI=1S/C38H41ClN2O3/c1-4-6-7-8-9-12-22-41(21-5-2)29-19-20-32-36(24-29)43-35-23-26(3)34(40-28-17-15-27(39)16-18-28)25-33(35)38(32)31-14-11-10-13-30(31)37(42)44-38/h10-11,13-20,23-25,40H,4-9,12,21-22H2,1-3H3. The Bertz CT molecular complexity index is 1650. The first-order valence-corrected chi connectivity index (χ1v) is 16.4. The van der Waals surface area contributed by atoms with Gasteiger partial charge in [-0.3, -0.25) is 0 Å². The molecule has 0 fully saturated rings.